The minimum absolute atomic E-state index is 0.135. The second-order valence-corrected chi connectivity index (χ2v) is 6.04. The molecule has 0 aliphatic rings. The van der Waals surface area contributed by atoms with Crippen molar-refractivity contribution in [2.75, 3.05) is 23.8 Å². The van der Waals surface area contributed by atoms with Crippen molar-refractivity contribution in [2.24, 2.45) is 0 Å². The monoisotopic (exact) mass is 402 g/mol. The van der Waals surface area contributed by atoms with Crippen molar-refractivity contribution in [2.45, 2.75) is 6.92 Å². The van der Waals surface area contributed by atoms with Gasteiger partial charge < -0.3 is 15.4 Å². The Hall–Kier alpha value is -2.60. The Balaban J connectivity index is 1.82. The van der Waals surface area contributed by atoms with Gasteiger partial charge in [0.05, 0.1) is 13.2 Å². The van der Waals surface area contributed by atoms with Gasteiger partial charge in [0.15, 0.2) is 0 Å². The van der Waals surface area contributed by atoms with Gasteiger partial charge in [-0.25, -0.2) is 4.79 Å². The van der Waals surface area contributed by atoms with Crippen molar-refractivity contribution >= 4 is 45.3 Å². The molecule has 0 radical (unpaired) electrons. The van der Waals surface area contributed by atoms with E-state index in [1.54, 1.807) is 13.0 Å². The van der Waals surface area contributed by atoms with Crippen molar-refractivity contribution < 1.29 is 14.3 Å². The molecular weight excluding hydrogens is 384 g/mol. The van der Waals surface area contributed by atoms with Crippen LogP contribution in [0.25, 0.3) is 6.08 Å². The third-order valence-electron chi connectivity index (χ3n) is 3.17. The van der Waals surface area contributed by atoms with Gasteiger partial charge in [-0.2, -0.15) is 0 Å². The third kappa shape index (κ3) is 6.81. The van der Waals surface area contributed by atoms with Gasteiger partial charge in [-0.15, -0.1) is 0 Å². The van der Waals surface area contributed by atoms with Crippen LogP contribution in [0.1, 0.15) is 12.5 Å². The molecule has 25 heavy (non-hydrogen) atoms. The minimum atomic E-state index is -0.367. The van der Waals surface area contributed by atoms with Gasteiger partial charge in [0.2, 0.25) is 5.91 Å². The molecule has 2 rings (SSSR count). The van der Waals surface area contributed by atoms with E-state index in [1.807, 2.05) is 48.5 Å². The molecule has 0 heterocycles. The van der Waals surface area contributed by atoms with E-state index < -0.39 is 0 Å². The van der Waals surface area contributed by atoms with Crippen molar-refractivity contribution in [1.29, 1.82) is 0 Å². The molecule has 6 heteroatoms. The normalized spacial score (nSPS) is 10.5. The largest absolute Gasteiger partial charge is 0.463 e. The predicted molar refractivity (Wildman–Crippen MR) is 103 cm³/mol. The van der Waals surface area contributed by atoms with Gasteiger partial charge in [-0.05, 0) is 48.9 Å². The van der Waals surface area contributed by atoms with E-state index in [-0.39, 0.29) is 18.4 Å². The van der Waals surface area contributed by atoms with Gasteiger partial charge in [-0.1, -0.05) is 34.1 Å². The fraction of sp³-hybridized carbons (Fsp3) is 0.158. The highest BCUT2D eigenvalue weighted by molar-refractivity contribution is 9.10. The second-order valence-electron chi connectivity index (χ2n) is 5.12. The zero-order valence-electron chi connectivity index (χ0n) is 13.8. The molecule has 0 aliphatic heterocycles. The summed E-state index contributed by atoms with van der Waals surface area (Å²) < 4.78 is 5.73. The molecule has 0 fully saturated rings. The number of carbonyl (C=O) groups excluding carboxylic acids is 2. The van der Waals surface area contributed by atoms with Crippen LogP contribution < -0.4 is 10.6 Å². The highest BCUT2D eigenvalue weighted by Gasteiger charge is 2.03. The lowest BCUT2D eigenvalue weighted by Crippen LogP contribution is -2.21. The Kier molecular flexibility index (Phi) is 7.22. The van der Waals surface area contributed by atoms with E-state index in [0.29, 0.717) is 6.61 Å². The molecule has 0 bridgehead atoms. The first-order chi connectivity index (χ1) is 12.1. The summed E-state index contributed by atoms with van der Waals surface area (Å²) in [7, 11) is 0. The second kappa shape index (κ2) is 9.64. The fourth-order valence-electron chi connectivity index (χ4n) is 2.02. The van der Waals surface area contributed by atoms with Crippen molar-refractivity contribution in [3.05, 3.63) is 64.6 Å². The number of nitrogens with one attached hydrogen (secondary N) is 2. The SMILES string of the molecule is CCOC(=O)/C=C/c1ccc(NCC(=O)Nc2cccc(Br)c2)cc1. The minimum Gasteiger partial charge on any atom is -0.463 e. The molecule has 2 aromatic rings. The van der Waals surface area contributed by atoms with Crippen LogP contribution in [0.5, 0.6) is 0 Å². The lowest BCUT2D eigenvalue weighted by atomic mass is 10.2. The molecule has 0 spiro atoms. The first-order valence-electron chi connectivity index (χ1n) is 7.81. The van der Waals surface area contributed by atoms with E-state index in [4.69, 9.17) is 4.74 Å². The molecule has 0 aliphatic carbocycles. The molecule has 0 unspecified atom stereocenters. The average molecular weight is 403 g/mol. The van der Waals surface area contributed by atoms with Crippen LogP contribution in [0.4, 0.5) is 11.4 Å². The van der Waals surface area contributed by atoms with E-state index in [9.17, 15) is 9.59 Å². The van der Waals surface area contributed by atoms with Gasteiger partial charge in [0.25, 0.3) is 0 Å². The molecule has 2 N–H and O–H groups in total. The number of hydrogen-bond donors (Lipinski definition) is 2. The van der Waals surface area contributed by atoms with Crippen LogP contribution in [0.2, 0.25) is 0 Å². The number of amides is 1. The molecule has 2 aromatic carbocycles. The molecule has 0 saturated heterocycles. The van der Waals surface area contributed by atoms with Crippen LogP contribution >= 0.6 is 15.9 Å². The fourth-order valence-corrected chi connectivity index (χ4v) is 2.42. The third-order valence-corrected chi connectivity index (χ3v) is 3.66. The molecule has 0 saturated carbocycles. The lowest BCUT2D eigenvalue weighted by Gasteiger charge is -2.08. The Morgan fingerprint density at radius 2 is 1.88 bits per heavy atom. The summed E-state index contributed by atoms with van der Waals surface area (Å²) in [5, 5.41) is 5.87. The van der Waals surface area contributed by atoms with E-state index in [1.165, 1.54) is 6.08 Å². The van der Waals surface area contributed by atoms with E-state index in [2.05, 4.69) is 26.6 Å². The summed E-state index contributed by atoms with van der Waals surface area (Å²) in [5.41, 5.74) is 2.43. The van der Waals surface area contributed by atoms with E-state index >= 15 is 0 Å². The maximum Gasteiger partial charge on any atom is 0.330 e. The zero-order valence-corrected chi connectivity index (χ0v) is 15.4. The molecule has 0 atom stereocenters. The maximum atomic E-state index is 12.0. The molecule has 1 amide bonds. The van der Waals surface area contributed by atoms with Crippen LogP contribution in [0, 0.1) is 0 Å². The van der Waals surface area contributed by atoms with Crippen LogP contribution in [0.15, 0.2) is 59.1 Å². The molecule has 130 valence electrons. The summed E-state index contributed by atoms with van der Waals surface area (Å²) in [4.78, 5) is 23.2. The molecular formula is C19H19BrN2O3. The topological polar surface area (TPSA) is 67.4 Å². The number of benzene rings is 2. The summed E-state index contributed by atoms with van der Waals surface area (Å²) >= 11 is 3.36. The molecule has 0 aromatic heterocycles. The standard InChI is InChI=1S/C19H19BrN2O3/c1-2-25-19(24)11-8-14-6-9-16(10-7-14)21-13-18(23)22-17-5-3-4-15(20)12-17/h3-12,21H,2,13H2,1H3,(H,22,23)/b11-8+. The smallest absolute Gasteiger partial charge is 0.330 e. The Bertz CT molecular complexity index is 758. The van der Waals surface area contributed by atoms with Crippen LogP contribution in [-0.4, -0.2) is 25.0 Å². The summed E-state index contributed by atoms with van der Waals surface area (Å²) in [6.45, 7) is 2.28. The molecule has 5 nitrogen and oxygen atoms in total. The number of anilines is 2. The number of hydrogen-bond acceptors (Lipinski definition) is 4. The number of esters is 1. The Labute approximate surface area is 155 Å². The number of rotatable bonds is 7. The first kappa shape index (κ1) is 18.7. The quantitative estimate of drug-likeness (QED) is 0.540. The van der Waals surface area contributed by atoms with Crippen molar-refractivity contribution in [3.8, 4) is 0 Å². The van der Waals surface area contributed by atoms with Crippen LogP contribution in [-0.2, 0) is 14.3 Å². The van der Waals surface area contributed by atoms with Crippen molar-refractivity contribution in [1.82, 2.24) is 0 Å². The summed E-state index contributed by atoms with van der Waals surface area (Å²) in [6.07, 6.45) is 3.07. The van der Waals surface area contributed by atoms with Gasteiger partial charge in [0.1, 0.15) is 0 Å². The van der Waals surface area contributed by atoms with Crippen molar-refractivity contribution in [3.63, 3.8) is 0 Å². The summed E-state index contributed by atoms with van der Waals surface area (Å²) in [6, 6.07) is 14.8. The maximum absolute atomic E-state index is 12.0. The number of halogens is 1. The highest BCUT2D eigenvalue weighted by Crippen LogP contribution is 2.15. The Morgan fingerprint density at radius 1 is 1.12 bits per heavy atom. The number of carbonyl (C=O) groups is 2. The highest BCUT2D eigenvalue weighted by atomic mass is 79.9. The van der Waals surface area contributed by atoms with Gasteiger partial charge in [-0.3, -0.25) is 4.79 Å². The Morgan fingerprint density at radius 3 is 2.56 bits per heavy atom. The van der Waals surface area contributed by atoms with Gasteiger partial charge in [0, 0.05) is 21.9 Å². The number of ether oxygens (including phenoxy) is 1. The van der Waals surface area contributed by atoms with E-state index in [0.717, 1.165) is 21.4 Å². The van der Waals surface area contributed by atoms with Crippen LogP contribution in [0.3, 0.4) is 0 Å². The zero-order chi connectivity index (χ0) is 18.1. The predicted octanol–water partition coefficient (Wildman–Crippen LogP) is 4.08. The average Bonchev–Trinajstić information content (AvgIpc) is 2.59. The lowest BCUT2D eigenvalue weighted by molar-refractivity contribution is -0.137. The first-order valence-corrected chi connectivity index (χ1v) is 8.60. The summed E-state index contributed by atoms with van der Waals surface area (Å²) in [5.74, 6) is -0.502. The van der Waals surface area contributed by atoms with Gasteiger partial charge >= 0.3 is 5.97 Å².